The number of hydrogen-bond donors (Lipinski definition) is 0. The third-order valence-electron chi connectivity index (χ3n) is 2.49. The monoisotopic (exact) mass is 284 g/mol. The van der Waals surface area contributed by atoms with Crippen molar-refractivity contribution in [2.24, 2.45) is 0 Å². The van der Waals surface area contributed by atoms with Gasteiger partial charge in [-0.05, 0) is 38.1 Å². The van der Waals surface area contributed by atoms with Crippen molar-refractivity contribution in [1.29, 1.82) is 0 Å². The number of hydrogen-bond acceptors (Lipinski definition) is 5. The minimum atomic E-state index is -3.30. The first kappa shape index (κ1) is 15.4. The van der Waals surface area contributed by atoms with E-state index in [1.807, 2.05) is 0 Å². The first-order chi connectivity index (χ1) is 8.54. The van der Waals surface area contributed by atoms with Gasteiger partial charge in [0.1, 0.15) is 0 Å². The molecular formula is C13H16O5S. The molecule has 0 saturated heterocycles. The van der Waals surface area contributed by atoms with Crippen LogP contribution in [0.5, 0.6) is 0 Å². The van der Waals surface area contributed by atoms with Crippen molar-refractivity contribution in [1.82, 2.24) is 0 Å². The molecule has 0 atom stereocenters. The summed E-state index contributed by atoms with van der Waals surface area (Å²) in [5.41, 5.74) is -0.989. The lowest BCUT2D eigenvalue weighted by molar-refractivity contribution is -0.149. The minimum Gasteiger partial charge on any atom is -0.451 e. The predicted molar refractivity (Wildman–Crippen MR) is 69.7 cm³/mol. The summed E-state index contributed by atoms with van der Waals surface area (Å²) in [5.74, 6) is -0.936. The van der Waals surface area contributed by atoms with E-state index in [4.69, 9.17) is 4.74 Å². The van der Waals surface area contributed by atoms with Crippen molar-refractivity contribution in [2.45, 2.75) is 31.3 Å². The van der Waals surface area contributed by atoms with Gasteiger partial charge in [0.2, 0.25) is 5.78 Å². The Balaban J connectivity index is 3.05. The van der Waals surface area contributed by atoms with E-state index in [-0.39, 0.29) is 10.7 Å². The third kappa shape index (κ3) is 3.89. The number of rotatable bonds is 4. The van der Waals surface area contributed by atoms with Gasteiger partial charge < -0.3 is 4.74 Å². The van der Waals surface area contributed by atoms with Crippen LogP contribution in [0.2, 0.25) is 0 Å². The summed E-state index contributed by atoms with van der Waals surface area (Å²) in [7, 11) is -3.30. The molecular weight excluding hydrogens is 268 g/mol. The van der Waals surface area contributed by atoms with E-state index in [0.717, 1.165) is 6.26 Å². The molecule has 0 heterocycles. The molecule has 1 aromatic carbocycles. The van der Waals surface area contributed by atoms with Gasteiger partial charge in [0, 0.05) is 18.7 Å². The maximum Gasteiger partial charge on any atom is 0.303 e. The van der Waals surface area contributed by atoms with Crippen molar-refractivity contribution in [2.75, 3.05) is 6.26 Å². The Hall–Kier alpha value is -1.69. The van der Waals surface area contributed by atoms with Crippen LogP contribution in [0.25, 0.3) is 0 Å². The quantitative estimate of drug-likeness (QED) is 0.620. The lowest BCUT2D eigenvalue weighted by atomic mass is 9.96. The molecule has 0 aliphatic heterocycles. The summed E-state index contributed by atoms with van der Waals surface area (Å²) in [4.78, 5) is 23.2. The second-order valence-electron chi connectivity index (χ2n) is 4.73. The van der Waals surface area contributed by atoms with Crippen LogP contribution in [-0.4, -0.2) is 32.0 Å². The van der Waals surface area contributed by atoms with E-state index in [2.05, 4.69) is 0 Å². The van der Waals surface area contributed by atoms with E-state index in [1.54, 1.807) is 0 Å². The molecule has 1 aromatic rings. The van der Waals surface area contributed by atoms with E-state index in [1.165, 1.54) is 45.0 Å². The maximum atomic E-state index is 12.1. The molecule has 6 heteroatoms. The van der Waals surface area contributed by atoms with Gasteiger partial charge in [-0.3, -0.25) is 9.59 Å². The Labute approximate surface area is 112 Å². The average molecular weight is 284 g/mol. The molecule has 19 heavy (non-hydrogen) atoms. The molecule has 0 saturated carbocycles. The van der Waals surface area contributed by atoms with Gasteiger partial charge in [0.25, 0.3) is 0 Å². The summed E-state index contributed by atoms with van der Waals surface area (Å²) < 4.78 is 27.5. The van der Waals surface area contributed by atoms with Crippen LogP contribution in [0.4, 0.5) is 0 Å². The van der Waals surface area contributed by atoms with Crippen LogP contribution in [0.1, 0.15) is 31.1 Å². The Morgan fingerprint density at radius 1 is 1.11 bits per heavy atom. The second kappa shape index (κ2) is 5.13. The Kier molecular flexibility index (Phi) is 4.15. The summed E-state index contributed by atoms with van der Waals surface area (Å²) in [6, 6.07) is 5.52. The Bertz CT molecular complexity index is 596. The lowest BCUT2D eigenvalue weighted by Crippen LogP contribution is -2.36. The van der Waals surface area contributed by atoms with Crippen LogP contribution < -0.4 is 0 Å². The van der Waals surface area contributed by atoms with Crippen LogP contribution in [0, 0.1) is 0 Å². The molecule has 0 amide bonds. The zero-order chi connectivity index (χ0) is 14.8. The molecule has 0 fully saturated rings. The molecule has 0 bridgehead atoms. The van der Waals surface area contributed by atoms with Crippen molar-refractivity contribution in [3.05, 3.63) is 29.8 Å². The minimum absolute atomic E-state index is 0.134. The number of carbonyl (C=O) groups excluding carboxylic acids is 2. The van der Waals surface area contributed by atoms with Gasteiger partial charge in [0.15, 0.2) is 15.4 Å². The van der Waals surface area contributed by atoms with E-state index in [9.17, 15) is 18.0 Å². The normalized spacial score (nSPS) is 12.0. The zero-order valence-electron chi connectivity index (χ0n) is 11.3. The molecule has 0 radical (unpaired) electrons. The fraction of sp³-hybridized carbons (Fsp3) is 0.385. The third-order valence-corrected chi connectivity index (χ3v) is 3.62. The topological polar surface area (TPSA) is 77.5 Å². The second-order valence-corrected chi connectivity index (χ2v) is 6.75. The number of Topliss-reactive ketones (excluding diaryl/α,β-unsaturated/α-hetero) is 1. The summed E-state index contributed by atoms with van der Waals surface area (Å²) in [5, 5.41) is 0. The standard InChI is InChI=1S/C13H16O5S/c1-9(14)18-13(2,3)12(15)10-5-7-11(8-6-10)19(4,16)17/h5-8H,1-4H3. The predicted octanol–water partition coefficient (Wildman–Crippen LogP) is 1.61. The SMILES string of the molecule is CC(=O)OC(C)(C)C(=O)c1ccc(S(C)(=O)=O)cc1. The molecule has 0 unspecified atom stereocenters. The molecule has 0 N–H and O–H groups in total. The van der Waals surface area contributed by atoms with Crippen molar-refractivity contribution < 1.29 is 22.7 Å². The summed E-state index contributed by atoms with van der Waals surface area (Å²) >= 11 is 0. The Morgan fingerprint density at radius 3 is 1.95 bits per heavy atom. The largest absolute Gasteiger partial charge is 0.451 e. The van der Waals surface area contributed by atoms with E-state index >= 15 is 0 Å². The summed E-state index contributed by atoms with van der Waals surface area (Å²) in [6.07, 6.45) is 1.09. The average Bonchev–Trinajstić information content (AvgIpc) is 2.25. The first-order valence-electron chi connectivity index (χ1n) is 5.58. The van der Waals surface area contributed by atoms with Crippen molar-refractivity contribution >= 4 is 21.6 Å². The van der Waals surface area contributed by atoms with Crippen LogP contribution >= 0.6 is 0 Å². The fourth-order valence-electron chi connectivity index (χ4n) is 1.61. The fourth-order valence-corrected chi connectivity index (χ4v) is 2.24. The van der Waals surface area contributed by atoms with Gasteiger partial charge in [0.05, 0.1) is 4.90 Å². The van der Waals surface area contributed by atoms with Gasteiger partial charge in [-0.25, -0.2) is 8.42 Å². The lowest BCUT2D eigenvalue weighted by Gasteiger charge is -2.22. The highest BCUT2D eigenvalue weighted by Crippen LogP contribution is 2.19. The number of ether oxygens (including phenoxy) is 1. The Morgan fingerprint density at radius 2 is 1.58 bits per heavy atom. The molecule has 5 nitrogen and oxygen atoms in total. The van der Waals surface area contributed by atoms with Crippen LogP contribution in [0.3, 0.4) is 0 Å². The molecule has 1 rings (SSSR count). The molecule has 0 spiro atoms. The van der Waals surface area contributed by atoms with Gasteiger partial charge in [-0.2, -0.15) is 0 Å². The van der Waals surface area contributed by atoms with Gasteiger partial charge in [-0.15, -0.1) is 0 Å². The summed E-state index contributed by atoms with van der Waals surface area (Å²) in [6.45, 7) is 4.20. The highest BCUT2D eigenvalue weighted by Gasteiger charge is 2.31. The smallest absolute Gasteiger partial charge is 0.303 e. The zero-order valence-corrected chi connectivity index (χ0v) is 12.1. The van der Waals surface area contributed by atoms with Crippen LogP contribution in [0.15, 0.2) is 29.2 Å². The highest BCUT2D eigenvalue weighted by molar-refractivity contribution is 7.90. The molecule has 0 aromatic heterocycles. The van der Waals surface area contributed by atoms with E-state index in [0.29, 0.717) is 5.56 Å². The first-order valence-corrected chi connectivity index (χ1v) is 7.47. The van der Waals surface area contributed by atoms with Gasteiger partial charge in [-0.1, -0.05) is 0 Å². The molecule has 0 aliphatic rings. The van der Waals surface area contributed by atoms with Gasteiger partial charge >= 0.3 is 5.97 Å². The van der Waals surface area contributed by atoms with Crippen molar-refractivity contribution in [3.8, 4) is 0 Å². The number of sulfone groups is 1. The number of ketones is 1. The number of carbonyl (C=O) groups is 2. The molecule has 104 valence electrons. The van der Waals surface area contributed by atoms with E-state index < -0.39 is 21.4 Å². The highest BCUT2D eigenvalue weighted by atomic mass is 32.2. The van der Waals surface area contributed by atoms with Crippen LogP contribution in [-0.2, 0) is 19.4 Å². The van der Waals surface area contributed by atoms with Crippen molar-refractivity contribution in [3.63, 3.8) is 0 Å². The number of esters is 1. The maximum absolute atomic E-state index is 12.1. The molecule has 0 aliphatic carbocycles. The number of benzene rings is 1.